The smallest absolute Gasteiger partial charge is 0.360 e. The molecule has 0 atom stereocenters. The molecule has 1 heterocycles. The number of carbonyl (C=O) groups is 1. The van der Waals surface area contributed by atoms with Crippen LogP contribution in [0, 0.1) is 0 Å². The Kier molecular flexibility index (Phi) is 2.48. The first-order chi connectivity index (χ1) is 6.15. The van der Waals surface area contributed by atoms with Crippen molar-refractivity contribution in [2.45, 2.75) is 0 Å². The number of aromatic amines is 1. The van der Waals surface area contributed by atoms with Gasteiger partial charge in [0, 0.05) is 6.07 Å². The Morgan fingerprint density at radius 2 is 2.54 bits per heavy atom. The summed E-state index contributed by atoms with van der Waals surface area (Å²) in [7, 11) is 1.25. The van der Waals surface area contributed by atoms with Crippen molar-refractivity contribution in [2.24, 2.45) is 5.16 Å². The summed E-state index contributed by atoms with van der Waals surface area (Å²) in [6.07, 6.45) is 0. The maximum Gasteiger partial charge on any atom is 0.360 e. The lowest BCUT2D eigenvalue weighted by molar-refractivity contribution is -0.129. The standard InChI is InChI=1S/C6H8N4O3/c1-13-10-5(6(11)12)3-2-4(7)9-8-3/h2H,1H3,(H,11,12)(H3,7,8,9). The SMILES string of the molecule is CON=C(C(=O)O)c1cc(N)n[nH]1. The van der Waals surface area contributed by atoms with Crippen LogP contribution in [0.5, 0.6) is 0 Å². The third-order valence-electron chi connectivity index (χ3n) is 1.24. The molecule has 1 aromatic heterocycles. The van der Waals surface area contributed by atoms with Crippen LogP contribution in [0.3, 0.4) is 0 Å². The van der Waals surface area contributed by atoms with Crippen molar-refractivity contribution in [1.82, 2.24) is 10.2 Å². The Morgan fingerprint density at radius 3 is 2.92 bits per heavy atom. The van der Waals surface area contributed by atoms with Crippen LogP contribution in [0.4, 0.5) is 5.82 Å². The largest absolute Gasteiger partial charge is 0.476 e. The van der Waals surface area contributed by atoms with Crippen molar-refractivity contribution in [1.29, 1.82) is 0 Å². The van der Waals surface area contributed by atoms with Gasteiger partial charge in [-0.15, -0.1) is 0 Å². The predicted molar refractivity (Wildman–Crippen MR) is 44.2 cm³/mol. The number of nitrogen functional groups attached to an aromatic ring is 1. The van der Waals surface area contributed by atoms with Crippen LogP contribution in [0.2, 0.25) is 0 Å². The van der Waals surface area contributed by atoms with Crippen LogP contribution in [0.25, 0.3) is 0 Å². The van der Waals surface area contributed by atoms with Crippen LogP contribution in [0.15, 0.2) is 11.2 Å². The van der Waals surface area contributed by atoms with Crippen molar-refractivity contribution in [3.05, 3.63) is 11.8 Å². The number of oxime groups is 1. The molecule has 0 spiro atoms. The number of nitrogens with zero attached hydrogens (tertiary/aromatic N) is 2. The van der Waals surface area contributed by atoms with Crippen molar-refractivity contribution in [3.8, 4) is 0 Å². The zero-order valence-corrected chi connectivity index (χ0v) is 6.81. The number of hydrogen-bond acceptors (Lipinski definition) is 5. The van der Waals surface area contributed by atoms with Crippen molar-refractivity contribution < 1.29 is 14.7 Å². The van der Waals surface area contributed by atoms with Crippen LogP contribution in [-0.2, 0) is 9.63 Å². The Balaban J connectivity index is 3.02. The molecule has 1 rings (SSSR count). The summed E-state index contributed by atoms with van der Waals surface area (Å²) < 4.78 is 0. The number of aliphatic carboxylic acids is 1. The molecule has 0 aromatic carbocycles. The highest BCUT2D eigenvalue weighted by Crippen LogP contribution is 2.02. The maximum atomic E-state index is 10.6. The second-order valence-corrected chi connectivity index (χ2v) is 2.13. The van der Waals surface area contributed by atoms with Gasteiger partial charge in [-0.3, -0.25) is 5.10 Å². The average Bonchev–Trinajstić information content (AvgIpc) is 2.46. The van der Waals surface area contributed by atoms with Gasteiger partial charge in [0.2, 0.25) is 5.71 Å². The molecule has 0 saturated heterocycles. The van der Waals surface area contributed by atoms with Gasteiger partial charge in [-0.2, -0.15) is 5.10 Å². The lowest BCUT2D eigenvalue weighted by atomic mass is 10.3. The zero-order chi connectivity index (χ0) is 9.84. The van der Waals surface area contributed by atoms with E-state index < -0.39 is 5.97 Å². The lowest BCUT2D eigenvalue weighted by Crippen LogP contribution is -2.15. The molecule has 70 valence electrons. The minimum absolute atomic E-state index is 0.194. The first-order valence-corrected chi connectivity index (χ1v) is 3.31. The highest BCUT2D eigenvalue weighted by molar-refractivity contribution is 6.41. The molecule has 0 aliphatic rings. The van der Waals surface area contributed by atoms with Gasteiger partial charge in [-0.1, -0.05) is 5.16 Å². The van der Waals surface area contributed by atoms with Crippen molar-refractivity contribution >= 4 is 17.5 Å². The number of carboxylic acid groups (broad SMARTS) is 1. The predicted octanol–water partition coefficient (Wildman–Crippen LogP) is -0.573. The molecule has 0 bridgehead atoms. The molecule has 0 saturated carbocycles. The van der Waals surface area contributed by atoms with Gasteiger partial charge in [0.05, 0.1) is 5.69 Å². The van der Waals surface area contributed by atoms with Crippen molar-refractivity contribution in [2.75, 3.05) is 12.8 Å². The summed E-state index contributed by atoms with van der Waals surface area (Å²) in [4.78, 5) is 14.9. The Labute approximate surface area is 73.2 Å². The summed E-state index contributed by atoms with van der Waals surface area (Å²) in [6, 6.07) is 1.35. The fourth-order valence-corrected chi connectivity index (χ4v) is 0.753. The fraction of sp³-hybridized carbons (Fsp3) is 0.167. The zero-order valence-electron chi connectivity index (χ0n) is 6.81. The number of rotatable bonds is 3. The topological polar surface area (TPSA) is 114 Å². The number of H-pyrrole nitrogens is 1. The minimum Gasteiger partial charge on any atom is -0.476 e. The monoisotopic (exact) mass is 184 g/mol. The first-order valence-electron chi connectivity index (χ1n) is 3.31. The molecule has 0 aliphatic heterocycles. The van der Waals surface area contributed by atoms with Crippen molar-refractivity contribution in [3.63, 3.8) is 0 Å². The van der Waals surface area contributed by atoms with E-state index in [9.17, 15) is 4.79 Å². The summed E-state index contributed by atoms with van der Waals surface area (Å²) >= 11 is 0. The van der Waals surface area contributed by atoms with Gasteiger partial charge in [-0.05, 0) is 0 Å². The van der Waals surface area contributed by atoms with Crippen LogP contribution >= 0.6 is 0 Å². The molecule has 0 fully saturated rings. The average molecular weight is 184 g/mol. The van der Waals surface area contributed by atoms with E-state index in [2.05, 4.69) is 20.2 Å². The molecule has 7 nitrogen and oxygen atoms in total. The van der Waals surface area contributed by atoms with Gasteiger partial charge in [0.25, 0.3) is 0 Å². The number of aromatic nitrogens is 2. The van der Waals surface area contributed by atoms with Crippen LogP contribution < -0.4 is 5.73 Å². The van der Waals surface area contributed by atoms with Gasteiger partial charge >= 0.3 is 5.97 Å². The number of anilines is 1. The van der Waals surface area contributed by atoms with Gasteiger partial charge in [0.15, 0.2) is 0 Å². The van der Waals surface area contributed by atoms with Gasteiger partial charge < -0.3 is 15.7 Å². The molecular weight excluding hydrogens is 176 g/mol. The Hall–Kier alpha value is -2.05. The molecule has 13 heavy (non-hydrogen) atoms. The third-order valence-corrected chi connectivity index (χ3v) is 1.24. The molecule has 0 unspecified atom stereocenters. The Morgan fingerprint density at radius 1 is 1.85 bits per heavy atom. The van der Waals surface area contributed by atoms with Crippen LogP contribution in [-0.4, -0.2) is 34.1 Å². The van der Waals surface area contributed by atoms with E-state index in [0.29, 0.717) is 0 Å². The summed E-state index contributed by atoms with van der Waals surface area (Å²) in [5.41, 5.74) is 5.21. The fourth-order valence-electron chi connectivity index (χ4n) is 0.753. The quantitative estimate of drug-likeness (QED) is 0.430. The summed E-state index contributed by atoms with van der Waals surface area (Å²) in [6.45, 7) is 0. The lowest BCUT2D eigenvalue weighted by Gasteiger charge is -1.94. The molecule has 0 aliphatic carbocycles. The van der Waals surface area contributed by atoms with E-state index in [-0.39, 0.29) is 17.2 Å². The van der Waals surface area contributed by atoms with E-state index >= 15 is 0 Å². The first kappa shape index (κ1) is 9.04. The molecule has 7 heteroatoms. The molecule has 1 aromatic rings. The summed E-state index contributed by atoms with van der Waals surface area (Å²) in [5.74, 6) is -1.02. The highest BCUT2D eigenvalue weighted by Gasteiger charge is 2.15. The summed E-state index contributed by atoms with van der Waals surface area (Å²) in [5, 5.41) is 17.9. The van der Waals surface area contributed by atoms with E-state index in [1.165, 1.54) is 13.2 Å². The molecule has 4 N–H and O–H groups in total. The normalized spacial score (nSPS) is 11.3. The van der Waals surface area contributed by atoms with E-state index in [0.717, 1.165) is 0 Å². The second kappa shape index (κ2) is 3.57. The Bertz CT molecular complexity index is 343. The minimum atomic E-state index is -1.22. The second-order valence-electron chi connectivity index (χ2n) is 2.13. The highest BCUT2D eigenvalue weighted by atomic mass is 16.6. The number of nitrogens with two attached hydrogens (primary N) is 1. The molecule has 0 radical (unpaired) electrons. The van der Waals surface area contributed by atoms with Crippen LogP contribution in [0.1, 0.15) is 5.69 Å². The molecular formula is C6H8N4O3. The third kappa shape index (κ3) is 1.95. The number of nitrogens with one attached hydrogen (secondary N) is 1. The van der Waals surface area contributed by atoms with E-state index in [1.54, 1.807) is 0 Å². The number of hydrogen-bond donors (Lipinski definition) is 3. The maximum absolute atomic E-state index is 10.6. The number of carboxylic acids is 1. The van der Waals surface area contributed by atoms with E-state index in [4.69, 9.17) is 10.8 Å². The van der Waals surface area contributed by atoms with Gasteiger partial charge in [0.1, 0.15) is 12.9 Å². The van der Waals surface area contributed by atoms with E-state index in [1.807, 2.05) is 0 Å². The molecule has 0 amide bonds. The van der Waals surface area contributed by atoms with Gasteiger partial charge in [-0.25, -0.2) is 4.79 Å².